The van der Waals surface area contributed by atoms with Crippen LogP contribution in [-0.2, 0) is 20.0 Å². The first-order valence-corrected chi connectivity index (χ1v) is 9.59. The minimum atomic E-state index is -3.33. The quantitative estimate of drug-likeness (QED) is 0.755. The lowest BCUT2D eigenvalue weighted by Crippen LogP contribution is -2.38. The summed E-state index contributed by atoms with van der Waals surface area (Å²) in [6.45, 7) is 2.59. The van der Waals surface area contributed by atoms with Gasteiger partial charge < -0.3 is 0 Å². The molecule has 1 N–H and O–H groups in total. The smallest absolute Gasteiger partial charge is 0.214 e. The number of hydrogen-bond acceptors (Lipinski definition) is 4. The molecular formula is C10H22N2O4S2. The molecular weight excluding hydrogens is 276 g/mol. The van der Waals surface area contributed by atoms with Crippen molar-refractivity contribution in [3.8, 4) is 0 Å². The number of rotatable bonds is 6. The molecule has 0 radical (unpaired) electrons. The number of nitrogens with one attached hydrogen (secondary N) is 1. The second-order valence-corrected chi connectivity index (χ2v) is 8.61. The third kappa shape index (κ3) is 5.21. The lowest BCUT2D eigenvalue weighted by atomic mass is 10.2. The summed E-state index contributed by atoms with van der Waals surface area (Å²) < 4.78 is 50.2. The molecule has 1 rings (SSSR count). The van der Waals surface area contributed by atoms with Crippen LogP contribution in [0, 0.1) is 0 Å². The zero-order valence-corrected chi connectivity index (χ0v) is 12.4. The van der Waals surface area contributed by atoms with Gasteiger partial charge in [-0.05, 0) is 19.8 Å². The number of sulfonamides is 2. The summed E-state index contributed by atoms with van der Waals surface area (Å²) >= 11 is 0. The lowest BCUT2D eigenvalue weighted by molar-refractivity contribution is 0.423. The van der Waals surface area contributed by atoms with Crippen LogP contribution in [0.2, 0.25) is 0 Å². The second-order valence-electron chi connectivity index (χ2n) is 4.43. The minimum Gasteiger partial charge on any atom is -0.214 e. The minimum absolute atomic E-state index is 0.0310. The van der Waals surface area contributed by atoms with E-state index >= 15 is 0 Å². The van der Waals surface area contributed by atoms with Gasteiger partial charge in [0, 0.05) is 19.6 Å². The van der Waals surface area contributed by atoms with Gasteiger partial charge in [-0.25, -0.2) is 25.9 Å². The Bertz CT molecular complexity index is 436. The van der Waals surface area contributed by atoms with E-state index in [1.807, 2.05) is 0 Å². The van der Waals surface area contributed by atoms with Gasteiger partial charge in [0.25, 0.3) is 0 Å². The Morgan fingerprint density at radius 1 is 1.00 bits per heavy atom. The van der Waals surface area contributed by atoms with E-state index in [0.717, 1.165) is 25.7 Å². The van der Waals surface area contributed by atoms with Crippen LogP contribution in [0.4, 0.5) is 0 Å². The first-order chi connectivity index (χ1) is 8.37. The molecule has 0 saturated carbocycles. The summed E-state index contributed by atoms with van der Waals surface area (Å²) in [6.07, 6.45) is 3.91. The van der Waals surface area contributed by atoms with Crippen molar-refractivity contribution >= 4 is 20.0 Å². The molecule has 1 aliphatic heterocycles. The molecule has 1 heterocycles. The Kier molecular flexibility index (Phi) is 6.03. The summed E-state index contributed by atoms with van der Waals surface area (Å²) in [5, 5.41) is 0. The lowest BCUT2D eigenvalue weighted by Gasteiger charge is -2.19. The van der Waals surface area contributed by atoms with Crippen LogP contribution < -0.4 is 4.72 Å². The zero-order valence-electron chi connectivity index (χ0n) is 10.8. The van der Waals surface area contributed by atoms with Gasteiger partial charge in [0.1, 0.15) is 0 Å². The molecule has 8 heteroatoms. The highest BCUT2D eigenvalue weighted by Gasteiger charge is 2.23. The fraction of sp³-hybridized carbons (Fsp3) is 1.00. The molecule has 0 bridgehead atoms. The van der Waals surface area contributed by atoms with Crippen molar-refractivity contribution in [2.24, 2.45) is 0 Å². The van der Waals surface area contributed by atoms with Crippen LogP contribution in [0.3, 0.4) is 0 Å². The van der Waals surface area contributed by atoms with Crippen molar-refractivity contribution in [3.05, 3.63) is 0 Å². The van der Waals surface area contributed by atoms with Gasteiger partial charge in [-0.1, -0.05) is 12.8 Å². The van der Waals surface area contributed by atoms with E-state index in [-0.39, 0.29) is 18.1 Å². The molecule has 0 aromatic rings. The third-order valence-electron chi connectivity index (χ3n) is 3.02. The second kappa shape index (κ2) is 6.83. The predicted molar refractivity (Wildman–Crippen MR) is 71.3 cm³/mol. The SMILES string of the molecule is CCS(=O)(=O)NCCS(=O)(=O)N1CCCCCC1. The standard InChI is InChI=1S/C10H22N2O4S2/c1-2-17(13,14)11-7-10-18(15,16)12-8-5-3-4-6-9-12/h11H,2-10H2,1H3. The average Bonchev–Trinajstić information content (AvgIpc) is 2.57. The summed E-state index contributed by atoms with van der Waals surface area (Å²) in [5.74, 6) is -0.191. The molecule has 108 valence electrons. The summed E-state index contributed by atoms with van der Waals surface area (Å²) in [4.78, 5) is 0. The van der Waals surface area contributed by atoms with E-state index in [9.17, 15) is 16.8 Å². The molecule has 18 heavy (non-hydrogen) atoms. The van der Waals surface area contributed by atoms with Crippen LogP contribution in [-0.4, -0.2) is 52.3 Å². The molecule has 0 unspecified atom stereocenters. The van der Waals surface area contributed by atoms with E-state index in [4.69, 9.17) is 0 Å². The van der Waals surface area contributed by atoms with Crippen molar-refractivity contribution in [1.29, 1.82) is 0 Å². The topological polar surface area (TPSA) is 83.5 Å². The van der Waals surface area contributed by atoms with Crippen LogP contribution in [0.15, 0.2) is 0 Å². The van der Waals surface area contributed by atoms with Crippen molar-refractivity contribution < 1.29 is 16.8 Å². The van der Waals surface area contributed by atoms with Gasteiger partial charge in [-0.3, -0.25) is 0 Å². The fourth-order valence-corrected chi connectivity index (χ4v) is 4.06. The summed E-state index contributed by atoms with van der Waals surface area (Å²) in [5.41, 5.74) is 0. The maximum Gasteiger partial charge on any atom is 0.215 e. The van der Waals surface area contributed by atoms with Crippen molar-refractivity contribution in [2.45, 2.75) is 32.6 Å². The van der Waals surface area contributed by atoms with Gasteiger partial charge >= 0.3 is 0 Å². The summed E-state index contributed by atoms with van der Waals surface area (Å²) in [6, 6.07) is 0. The number of nitrogens with zero attached hydrogens (tertiary/aromatic N) is 1. The molecule has 0 aromatic heterocycles. The Labute approximate surface area is 110 Å². The molecule has 1 saturated heterocycles. The Morgan fingerprint density at radius 2 is 1.56 bits per heavy atom. The maximum atomic E-state index is 12.0. The largest absolute Gasteiger partial charge is 0.215 e. The highest BCUT2D eigenvalue weighted by Crippen LogP contribution is 2.13. The highest BCUT2D eigenvalue weighted by molar-refractivity contribution is 7.90. The maximum absolute atomic E-state index is 12.0. The van der Waals surface area contributed by atoms with Gasteiger partial charge in [0.15, 0.2) is 0 Å². The van der Waals surface area contributed by atoms with E-state index in [0.29, 0.717) is 13.1 Å². The molecule has 0 aliphatic carbocycles. The van der Waals surface area contributed by atoms with Gasteiger partial charge in [0.2, 0.25) is 20.0 Å². The Morgan fingerprint density at radius 3 is 2.06 bits per heavy atom. The average molecular weight is 298 g/mol. The molecule has 0 amide bonds. The molecule has 0 aromatic carbocycles. The zero-order chi connectivity index (χ0) is 13.6. The first kappa shape index (κ1) is 15.9. The fourth-order valence-electron chi connectivity index (χ4n) is 1.88. The first-order valence-electron chi connectivity index (χ1n) is 6.32. The predicted octanol–water partition coefficient (Wildman–Crippen LogP) is 0.132. The van der Waals surface area contributed by atoms with Gasteiger partial charge in [0.05, 0.1) is 11.5 Å². The molecule has 6 nitrogen and oxygen atoms in total. The Hall–Kier alpha value is -0.180. The normalized spacial score (nSPS) is 19.6. The third-order valence-corrected chi connectivity index (χ3v) is 6.30. The number of hydrogen-bond donors (Lipinski definition) is 1. The molecule has 0 atom stereocenters. The van der Waals surface area contributed by atoms with Crippen LogP contribution in [0.5, 0.6) is 0 Å². The van der Waals surface area contributed by atoms with Crippen molar-refractivity contribution in [3.63, 3.8) is 0 Å². The van der Waals surface area contributed by atoms with E-state index in [2.05, 4.69) is 4.72 Å². The summed E-state index contributed by atoms with van der Waals surface area (Å²) in [7, 11) is -6.64. The van der Waals surface area contributed by atoms with Gasteiger partial charge in [-0.2, -0.15) is 0 Å². The van der Waals surface area contributed by atoms with Crippen LogP contribution in [0.1, 0.15) is 32.6 Å². The van der Waals surface area contributed by atoms with Crippen molar-refractivity contribution in [1.82, 2.24) is 9.03 Å². The molecule has 0 spiro atoms. The highest BCUT2D eigenvalue weighted by atomic mass is 32.2. The van der Waals surface area contributed by atoms with Crippen LogP contribution >= 0.6 is 0 Å². The van der Waals surface area contributed by atoms with E-state index in [1.54, 1.807) is 0 Å². The van der Waals surface area contributed by atoms with Crippen molar-refractivity contribution in [2.75, 3.05) is 31.1 Å². The molecule has 1 aliphatic rings. The van der Waals surface area contributed by atoms with Crippen LogP contribution in [0.25, 0.3) is 0 Å². The van der Waals surface area contributed by atoms with E-state index in [1.165, 1.54) is 11.2 Å². The molecule has 1 fully saturated rings. The Balaban J connectivity index is 2.48. The van der Waals surface area contributed by atoms with E-state index < -0.39 is 20.0 Å². The monoisotopic (exact) mass is 298 g/mol. The van der Waals surface area contributed by atoms with Gasteiger partial charge in [-0.15, -0.1) is 0 Å².